The van der Waals surface area contributed by atoms with Gasteiger partial charge in [-0.3, -0.25) is 32.5 Å². The second kappa shape index (κ2) is 20.3. The average Bonchev–Trinajstić information content (AvgIpc) is 3.71. The number of phosphoric ester groups is 3. The number of nitrogens with zero attached hydrogens (tertiary/aromatic N) is 4. The first-order valence-corrected chi connectivity index (χ1v) is 22.5. The molecule has 3 aromatic rings. The number of thioether (sulfide) groups is 1. The lowest BCUT2D eigenvalue weighted by molar-refractivity contribution is -0.137. The summed E-state index contributed by atoms with van der Waals surface area (Å²) >= 11 is 0.956. The standard InChI is InChI=1S/C30H42N7O18P3S/c1-30(2,25(42)28(43)33-10-9-20(39)32-11-12-59-21(40)8-5-17-3-6-18(38)7-4-17)14-52-58(49,50)55-57(47,48)51-13-19-24(54-56(44,45)46)23(41)29(53-19)37-16-36-22-26(31)34-15-35-27(22)37/h3-8,15-16,19,23-25,29,38,41-42H,9-14H2,1-2H3,(H,32,39)(H,33,43)(H,47,48)(H,49,50)(H2,31,34,35)(H2,44,45,46)/b8-5+/t19-,23-,24-,25+,29-/m1/s1/i3+1,4+1,6+1,7+1,17+1,18+1. The van der Waals surface area contributed by atoms with Crippen molar-refractivity contribution in [3.05, 3.63) is 48.6 Å². The Bertz CT molecular complexity index is 2140. The highest BCUT2D eigenvalue weighted by Crippen LogP contribution is 2.61. The second-order valence-electron chi connectivity index (χ2n) is 13.2. The molecule has 1 fully saturated rings. The number of phenols is 1. The molecule has 0 aliphatic carbocycles. The number of amides is 2. The van der Waals surface area contributed by atoms with Gasteiger partial charge >= 0.3 is 23.5 Å². The lowest BCUT2D eigenvalue weighted by Crippen LogP contribution is -2.46. The number of carbonyl (C=O) groups is 3. The monoisotopic (exact) mass is 919 g/mol. The van der Waals surface area contributed by atoms with Gasteiger partial charge in [-0.25, -0.2) is 28.6 Å². The topological polar surface area (TPSA) is 384 Å². The Kier molecular flexibility index (Phi) is 16.5. The van der Waals surface area contributed by atoms with E-state index in [1.54, 1.807) is 18.2 Å². The van der Waals surface area contributed by atoms with Crippen LogP contribution in [0.3, 0.4) is 0 Å². The minimum atomic E-state index is -5.58. The number of aromatic hydroxyl groups is 1. The van der Waals surface area contributed by atoms with Crippen LogP contribution in [0.5, 0.6) is 5.75 Å². The highest BCUT2D eigenvalue weighted by atomic mass is 32.2. The normalized spacial score (nSPS) is 21.2. The highest BCUT2D eigenvalue weighted by Gasteiger charge is 2.50. The number of anilines is 1. The molecule has 1 aliphatic heterocycles. The van der Waals surface area contributed by atoms with Gasteiger partial charge in [-0.2, -0.15) is 4.31 Å². The summed E-state index contributed by atoms with van der Waals surface area (Å²) in [5.41, 5.74) is 4.94. The number of aliphatic hydroxyl groups excluding tert-OH is 2. The summed E-state index contributed by atoms with van der Waals surface area (Å²) in [5.74, 6) is -1.17. The number of ether oxygens (including phenoxy) is 1. The summed E-state index contributed by atoms with van der Waals surface area (Å²) in [7, 11) is -16.4. The number of carbonyl (C=O) groups excluding carboxylic acids is 3. The Hall–Kier alpha value is -3.68. The fraction of sp³-hybridized carbons (Fsp3) is 0.467. The molecule has 326 valence electrons. The van der Waals surface area contributed by atoms with Crippen LogP contribution in [0.4, 0.5) is 5.82 Å². The smallest absolute Gasteiger partial charge is 0.481 e. The first-order chi connectivity index (χ1) is 27.5. The Morgan fingerprint density at radius 2 is 1.71 bits per heavy atom. The maximum absolute atomic E-state index is 12.7. The van der Waals surface area contributed by atoms with Crippen LogP contribution in [0.15, 0.2) is 43.0 Å². The van der Waals surface area contributed by atoms with E-state index in [1.165, 1.54) is 32.1 Å². The largest absolute Gasteiger partial charge is 0.508 e. The Morgan fingerprint density at radius 1 is 1.03 bits per heavy atom. The molecule has 3 heterocycles. The van der Waals surface area contributed by atoms with E-state index < -0.39 is 84.6 Å². The van der Waals surface area contributed by atoms with E-state index in [1.807, 2.05) is 0 Å². The van der Waals surface area contributed by atoms with Gasteiger partial charge in [-0.1, -0.05) is 43.8 Å². The summed E-state index contributed by atoms with van der Waals surface area (Å²) in [4.78, 5) is 87.7. The van der Waals surface area contributed by atoms with Gasteiger partial charge in [0.15, 0.2) is 17.7 Å². The van der Waals surface area contributed by atoms with Crippen molar-refractivity contribution < 1.29 is 85.6 Å². The van der Waals surface area contributed by atoms with Crippen molar-refractivity contribution in [2.24, 2.45) is 5.41 Å². The molecule has 1 aromatic carbocycles. The predicted octanol–water partition coefficient (Wildman–Crippen LogP) is 0.0837. The van der Waals surface area contributed by atoms with Crippen LogP contribution in [0, 0.1) is 5.41 Å². The van der Waals surface area contributed by atoms with Crippen molar-refractivity contribution in [2.75, 3.05) is 37.8 Å². The SMILES string of the molecule is CC(C)(COP(=O)(O)OP(=O)(O)OC[C@H]1O[C@@H](n2cnc3c(N)ncnc32)[C@H](O)[C@@H]1OP(=O)(O)O)[C@@H](O)C(=O)NCCC(=O)NCCSC(=O)/C=C/[13c]1[13cH][13cH][13c](O)[13cH][13cH]1. The van der Waals surface area contributed by atoms with Crippen molar-refractivity contribution in [3.63, 3.8) is 0 Å². The minimum Gasteiger partial charge on any atom is -0.508 e. The fourth-order valence-corrected chi connectivity index (χ4v) is 8.48. The Balaban J connectivity index is 1.20. The maximum Gasteiger partial charge on any atom is 0.481 e. The van der Waals surface area contributed by atoms with Crippen LogP contribution in [-0.4, -0.2) is 128 Å². The number of fused-ring (bicyclic) bond motifs is 1. The van der Waals surface area contributed by atoms with Crippen LogP contribution in [0.2, 0.25) is 0 Å². The first-order valence-electron chi connectivity index (χ1n) is 17.0. The highest BCUT2D eigenvalue weighted by molar-refractivity contribution is 8.14. The van der Waals surface area contributed by atoms with Crippen LogP contribution in [-0.2, 0) is 50.7 Å². The summed E-state index contributed by atoms with van der Waals surface area (Å²) in [6.07, 6.45) is -4.10. The van der Waals surface area contributed by atoms with Gasteiger partial charge in [0.2, 0.25) is 16.9 Å². The second-order valence-corrected chi connectivity index (χ2v) is 18.5. The van der Waals surface area contributed by atoms with Gasteiger partial charge in [0, 0.05) is 30.7 Å². The summed E-state index contributed by atoms with van der Waals surface area (Å²) < 4.78 is 62.1. The number of nitrogens with one attached hydrogen (secondary N) is 2. The Morgan fingerprint density at radius 3 is 2.39 bits per heavy atom. The zero-order valence-corrected chi connectivity index (χ0v) is 34.5. The zero-order valence-electron chi connectivity index (χ0n) is 31.0. The van der Waals surface area contributed by atoms with Crippen molar-refractivity contribution >= 4 is 75.2 Å². The number of rotatable bonds is 21. The van der Waals surface area contributed by atoms with E-state index in [2.05, 4.69) is 34.4 Å². The molecule has 11 N–H and O–H groups in total. The summed E-state index contributed by atoms with van der Waals surface area (Å²) in [6, 6.07) is 6.21. The van der Waals surface area contributed by atoms with Gasteiger partial charge in [0.1, 0.15) is 42.0 Å². The van der Waals surface area contributed by atoms with Crippen molar-refractivity contribution in [3.8, 4) is 5.75 Å². The molecule has 0 spiro atoms. The molecule has 7 atom stereocenters. The van der Waals surface area contributed by atoms with Crippen molar-refractivity contribution in [1.82, 2.24) is 30.2 Å². The molecule has 2 unspecified atom stereocenters. The lowest BCUT2D eigenvalue weighted by Gasteiger charge is -2.30. The summed E-state index contributed by atoms with van der Waals surface area (Å²) in [6.45, 7) is 0.345. The number of hydrogen-bond acceptors (Lipinski definition) is 19. The number of nitrogen functional groups attached to an aromatic ring is 1. The third kappa shape index (κ3) is 14.5. The molecule has 1 aliphatic rings. The van der Waals surface area contributed by atoms with Gasteiger partial charge < -0.3 is 56.0 Å². The van der Waals surface area contributed by atoms with Gasteiger partial charge in [0.25, 0.3) is 0 Å². The van der Waals surface area contributed by atoms with Crippen LogP contribution in [0.1, 0.15) is 32.1 Å². The average molecular weight is 920 g/mol. The molecule has 25 nitrogen and oxygen atoms in total. The van der Waals surface area contributed by atoms with E-state index >= 15 is 0 Å². The van der Waals surface area contributed by atoms with E-state index in [0.29, 0.717) is 5.56 Å². The van der Waals surface area contributed by atoms with Gasteiger partial charge in [-0.15, -0.1) is 0 Å². The van der Waals surface area contributed by atoms with Crippen molar-refractivity contribution in [1.29, 1.82) is 0 Å². The van der Waals surface area contributed by atoms with Crippen LogP contribution < -0.4 is 16.4 Å². The number of imidazole rings is 1. The molecule has 29 heteroatoms. The molecule has 0 saturated carbocycles. The number of hydrogen-bond donors (Lipinski definition) is 10. The third-order valence-corrected chi connectivity index (χ3v) is 12.0. The number of aliphatic hydroxyl groups is 2. The number of phosphoric acid groups is 3. The summed E-state index contributed by atoms with van der Waals surface area (Å²) in [5, 5.41) is 35.4. The van der Waals surface area contributed by atoms with Gasteiger partial charge in [0.05, 0.1) is 19.5 Å². The molecular formula is C30H42N7O18P3S. The van der Waals surface area contributed by atoms with E-state index in [-0.39, 0.29) is 53.1 Å². The van der Waals surface area contributed by atoms with Crippen LogP contribution >= 0.6 is 35.2 Å². The molecule has 1 saturated heterocycles. The van der Waals surface area contributed by atoms with Crippen LogP contribution in [0.25, 0.3) is 17.2 Å². The zero-order chi connectivity index (χ0) is 43.8. The Labute approximate surface area is 338 Å². The number of aromatic nitrogens is 4. The third-order valence-electron chi connectivity index (χ3n) is 8.05. The number of phenolic OH excluding ortho intramolecular Hbond substituents is 1. The van der Waals surface area contributed by atoms with E-state index in [9.17, 15) is 63.0 Å². The molecule has 4 rings (SSSR count). The molecular weight excluding hydrogens is 877 g/mol. The maximum atomic E-state index is 12.7. The number of nitrogens with two attached hydrogens (primary N) is 1. The fourth-order valence-electron chi connectivity index (χ4n) is 5.08. The molecule has 59 heavy (non-hydrogen) atoms. The predicted molar refractivity (Wildman–Crippen MR) is 204 cm³/mol. The van der Waals surface area contributed by atoms with Crippen molar-refractivity contribution in [2.45, 2.75) is 50.9 Å². The quantitative estimate of drug-likeness (QED) is 0.0384. The van der Waals surface area contributed by atoms with E-state index in [0.717, 1.165) is 29.0 Å². The minimum absolute atomic E-state index is 0.0243. The van der Waals surface area contributed by atoms with E-state index in [4.69, 9.17) is 19.5 Å². The molecule has 0 radical (unpaired) electrons. The first kappa shape index (κ1) is 48.0. The molecule has 2 amide bonds. The van der Waals surface area contributed by atoms with Gasteiger partial charge in [-0.05, 0) is 23.8 Å². The molecule has 0 bridgehead atoms. The lowest BCUT2D eigenvalue weighted by atomic mass is 9.87. The number of benzene rings is 1. The molecule has 2 aromatic heterocycles.